The lowest BCUT2D eigenvalue weighted by atomic mass is 10.1. The second-order valence-electron chi connectivity index (χ2n) is 5.84. The standard InChI is InChI=1S/C16H32N2O/c1-2-3-4-5-6-7-8-9-10-11-16(19)18-15-12-13-17-14-15/h15,17H,2-14H2,1H3,(H,18,19)/t15-/m0/s1. The summed E-state index contributed by atoms with van der Waals surface area (Å²) in [6.45, 7) is 4.25. The van der Waals surface area contributed by atoms with Crippen molar-refractivity contribution in [3.8, 4) is 0 Å². The Morgan fingerprint density at radius 3 is 2.26 bits per heavy atom. The molecule has 1 fully saturated rings. The third-order valence-electron chi connectivity index (χ3n) is 3.93. The Hall–Kier alpha value is -0.570. The molecular formula is C16H32N2O. The van der Waals surface area contributed by atoms with Crippen molar-refractivity contribution in [2.24, 2.45) is 0 Å². The van der Waals surface area contributed by atoms with Crippen molar-refractivity contribution in [1.82, 2.24) is 10.6 Å². The van der Waals surface area contributed by atoms with Crippen LogP contribution in [0.2, 0.25) is 0 Å². The second-order valence-corrected chi connectivity index (χ2v) is 5.84. The third-order valence-corrected chi connectivity index (χ3v) is 3.93. The third kappa shape index (κ3) is 9.04. The Bertz CT molecular complexity index is 225. The molecule has 1 heterocycles. The van der Waals surface area contributed by atoms with Gasteiger partial charge in [0, 0.05) is 19.0 Å². The molecule has 0 spiro atoms. The number of unbranched alkanes of at least 4 members (excludes halogenated alkanes) is 8. The number of carbonyl (C=O) groups excluding carboxylic acids is 1. The van der Waals surface area contributed by atoms with Gasteiger partial charge in [0.2, 0.25) is 5.91 Å². The van der Waals surface area contributed by atoms with Gasteiger partial charge in [-0.25, -0.2) is 0 Å². The molecule has 19 heavy (non-hydrogen) atoms. The molecule has 0 aromatic rings. The van der Waals surface area contributed by atoms with Gasteiger partial charge in [-0.1, -0.05) is 58.3 Å². The number of carbonyl (C=O) groups is 1. The summed E-state index contributed by atoms with van der Waals surface area (Å²) < 4.78 is 0. The summed E-state index contributed by atoms with van der Waals surface area (Å²) in [5.41, 5.74) is 0. The molecular weight excluding hydrogens is 236 g/mol. The minimum absolute atomic E-state index is 0.247. The topological polar surface area (TPSA) is 41.1 Å². The maximum Gasteiger partial charge on any atom is 0.220 e. The van der Waals surface area contributed by atoms with E-state index in [1.165, 1.54) is 51.4 Å². The van der Waals surface area contributed by atoms with E-state index in [0.717, 1.165) is 25.9 Å². The summed E-state index contributed by atoms with van der Waals surface area (Å²) in [4.78, 5) is 11.7. The van der Waals surface area contributed by atoms with Gasteiger partial charge in [0.25, 0.3) is 0 Å². The number of nitrogens with one attached hydrogen (secondary N) is 2. The van der Waals surface area contributed by atoms with Crippen LogP contribution in [0.15, 0.2) is 0 Å². The molecule has 0 saturated carbocycles. The van der Waals surface area contributed by atoms with Crippen molar-refractivity contribution in [1.29, 1.82) is 0 Å². The van der Waals surface area contributed by atoms with Crippen LogP contribution in [0.25, 0.3) is 0 Å². The van der Waals surface area contributed by atoms with Crippen LogP contribution in [0.4, 0.5) is 0 Å². The van der Waals surface area contributed by atoms with E-state index in [-0.39, 0.29) is 5.91 Å². The van der Waals surface area contributed by atoms with Crippen molar-refractivity contribution < 1.29 is 4.79 Å². The molecule has 0 aromatic heterocycles. The van der Waals surface area contributed by atoms with Gasteiger partial charge in [0.1, 0.15) is 0 Å². The number of amides is 1. The average molecular weight is 268 g/mol. The Balaban J connectivity index is 1.80. The highest BCUT2D eigenvalue weighted by Gasteiger charge is 2.15. The molecule has 0 bridgehead atoms. The van der Waals surface area contributed by atoms with Crippen LogP contribution in [-0.4, -0.2) is 25.0 Å². The highest BCUT2D eigenvalue weighted by molar-refractivity contribution is 5.76. The minimum atomic E-state index is 0.247. The van der Waals surface area contributed by atoms with Gasteiger partial charge >= 0.3 is 0 Å². The number of rotatable bonds is 11. The molecule has 1 atom stereocenters. The monoisotopic (exact) mass is 268 g/mol. The maximum atomic E-state index is 11.7. The Kier molecular flexibility index (Phi) is 9.78. The molecule has 1 saturated heterocycles. The van der Waals surface area contributed by atoms with E-state index in [9.17, 15) is 4.79 Å². The van der Waals surface area contributed by atoms with Gasteiger partial charge in [0.15, 0.2) is 0 Å². The summed E-state index contributed by atoms with van der Waals surface area (Å²) in [7, 11) is 0. The molecule has 0 aromatic carbocycles. The quantitative estimate of drug-likeness (QED) is 0.564. The zero-order valence-corrected chi connectivity index (χ0v) is 12.7. The summed E-state index contributed by atoms with van der Waals surface area (Å²) in [6.07, 6.45) is 13.6. The van der Waals surface area contributed by atoms with E-state index < -0.39 is 0 Å². The molecule has 1 amide bonds. The van der Waals surface area contributed by atoms with E-state index in [0.29, 0.717) is 12.5 Å². The van der Waals surface area contributed by atoms with Crippen LogP contribution in [0, 0.1) is 0 Å². The van der Waals surface area contributed by atoms with Crippen molar-refractivity contribution in [2.75, 3.05) is 13.1 Å². The van der Waals surface area contributed by atoms with Gasteiger partial charge < -0.3 is 10.6 Å². The average Bonchev–Trinajstić information content (AvgIpc) is 2.89. The lowest BCUT2D eigenvalue weighted by Gasteiger charge is -2.10. The first-order valence-corrected chi connectivity index (χ1v) is 8.33. The molecule has 1 rings (SSSR count). The molecule has 112 valence electrons. The van der Waals surface area contributed by atoms with Crippen LogP contribution in [0.1, 0.15) is 77.6 Å². The predicted octanol–water partition coefficient (Wildman–Crippen LogP) is 3.39. The highest BCUT2D eigenvalue weighted by Crippen LogP contribution is 2.10. The number of hydrogen-bond donors (Lipinski definition) is 2. The fourth-order valence-electron chi connectivity index (χ4n) is 2.67. The van der Waals surface area contributed by atoms with E-state index >= 15 is 0 Å². The fraction of sp³-hybridized carbons (Fsp3) is 0.938. The molecule has 3 heteroatoms. The fourth-order valence-corrected chi connectivity index (χ4v) is 2.67. The zero-order valence-electron chi connectivity index (χ0n) is 12.7. The summed E-state index contributed by atoms with van der Waals surface area (Å²) in [5.74, 6) is 0.247. The lowest BCUT2D eigenvalue weighted by Crippen LogP contribution is -2.35. The SMILES string of the molecule is CCCCCCCCCCCC(=O)N[C@H]1CCNC1. The molecule has 0 aliphatic carbocycles. The van der Waals surface area contributed by atoms with E-state index in [1.54, 1.807) is 0 Å². The minimum Gasteiger partial charge on any atom is -0.352 e. The van der Waals surface area contributed by atoms with Gasteiger partial charge in [-0.15, -0.1) is 0 Å². The highest BCUT2D eigenvalue weighted by atomic mass is 16.1. The molecule has 3 nitrogen and oxygen atoms in total. The molecule has 0 unspecified atom stereocenters. The van der Waals surface area contributed by atoms with Gasteiger partial charge in [-0.2, -0.15) is 0 Å². The number of hydrogen-bond acceptors (Lipinski definition) is 2. The molecule has 1 aliphatic rings. The molecule has 1 aliphatic heterocycles. The first-order valence-electron chi connectivity index (χ1n) is 8.33. The lowest BCUT2D eigenvalue weighted by molar-refractivity contribution is -0.121. The maximum absolute atomic E-state index is 11.7. The van der Waals surface area contributed by atoms with Crippen LogP contribution < -0.4 is 10.6 Å². The summed E-state index contributed by atoms with van der Waals surface area (Å²) >= 11 is 0. The Labute approximate surface area is 118 Å². The second kappa shape index (κ2) is 11.3. The van der Waals surface area contributed by atoms with Gasteiger partial charge in [0.05, 0.1) is 0 Å². The predicted molar refractivity (Wildman–Crippen MR) is 81.3 cm³/mol. The van der Waals surface area contributed by atoms with E-state index in [4.69, 9.17) is 0 Å². The molecule has 2 N–H and O–H groups in total. The first-order chi connectivity index (χ1) is 9.33. The normalized spacial score (nSPS) is 18.7. The van der Waals surface area contributed by atoms with Crippen LogP contribution >= 0.6 is 0 Å². The van der Waals surface area contributed by atoms with Crippen LogP contribution in [0.5, 0.6) is 0 Å². The summed E-state index contributed by atoms with van der Waals surface area (Å²) in [5, 5.41) is 6.37. The van der Waals surface area contributed by atoms with Crippen molar-refractivity contribution in [2.45, 2.75) is 83.6 Å². The summed E-state index contributed by atoms with van der Waals surface area (Å²) in [6, 6.07) is 0.381. The van der Waals surface area contributed by atoms with E-state index in [1.807, 2.05) is 0 Å². The largest absolute Gasteiger partial charge is 0.352 e. The first kappa shape index (κ1) is 16.5. The Morgan fingerprint density at radius 2 is 1.68 bits per heavy atom. The smallest absolute Gasteiger partial charge is 0.220 e. The van der Waals surface area contributed by atoms with Gasteiger partial charge in [-0.05, 0) is 19.4 Å². The van der Waals surface area contributed by atoms with Crippen molar-refractivity contribution in [3.63, 3.8) is 0 Å². The van der Waals surface area contributed by atoms with Gasteiger partial charge in [-0.3, -0.25) is 4.79 Å². The van der Waals surface area contributed by atoms with Crippen LogP contribution in [0.3, 0.4) is 0 Å². The van der Waals surface area contributed by atoms with Crippen molar-refractivity contribution >= 4 is 5.91 Å². The Morgan fingerprint density at radius 1 is 1.05 bits per heavy atom. The zero-order chi connectivity index (χ0) is 13.8. The van der Waals surface area contributed by atoms with Crippen molar-refractivity contribution in [3.05, 3.63) is 0 Å². The van der Waals surface area contributed by atoms with E-state index in [2.05, 4.69) is 17.6 Å². The van der Waals surface area contributed by atoms with Crippen LogP contribution in [-0.2, 0) is 4.79 Å². The molecule has 0 radical (unpaired) electrons.